The summed E-state index contributed by atoms with van der Waals surface area (Å²) in [7, 11) is 0. The minimum Gasteiger partial charge on any atom is -0.330 e. The van der Waals surface area contributed by atoms with E-state index in [1.54, 1.807) is 0 Å². The second-order valence-corrected chi connectivity index (χ2v) is 17.8. The first-order chi connectivity index (χ1) is 34.3. The molecular formula is C63H42N6. The van der Waals surface area contributed by atoms with Crippen molar-refractivity contribution in [3.05, 3.63) is 254 Å². The number of hydrogen-bond donors (Lipinski definition) is 1. The van der Waals surface area contributed by atoms with Crippen LogP contribution >= 0.6 is 0 Å². The van der Waals surface area contributed by atoms with Crippen LogP contribution in [0.25, 0.3) is 99.0 Å². The molecule has 0 bridgehead atoms. The van der Waals surface area contributed by atoms with Gasteiger partial charge in [-0.1, -0.05) is 200 Å². The average molecular weight is 883 g/mol. The molecule has 0 saturated heterocycles. The predicted octanol–water partition coefficient (Wildman–Crippen LogP) is 15.3. The fourth-order valence-electron chi connectivity index (χ4n) is 10.9. The van der Waals surface area contributed by atoms with Crippen LogP contribution in [0, 0.1) is 0 Å². The lowest BCUT2D eigenvalue weighted by molar-refractivity contribution is 0.661. The Morgan fingerprint density at radius 3 is 1.57 bits per heavy atom. The Morgan fingerprint density at radius 2 is 0.884 bits per heavy atom. The second kappa shape index (κ2) is 15.7. The van der Waals surface area contributed by atoms with Crippen LogP contribution in [-0.2, 0) is 0 Å². The number of aromatic nitrogens is 3. The fourth-order valence-corrected chi connectivity index (χ4v) is 10.9. The van der Waals surface area contributed by atoms with Crippen LogP contribution in [-0.4, -0.2) is 25.5 Å². The molecule has 13 aromatic rings. The van der Waals surface area contributed by atoms with E-state index in [0.717, 1.165) is 82.9 Å². The van der Waals surface area contributed by atoms with Crippen LogP contribution in [0.3, 0.4) is 0 Å². The van der Waals surface area contributed by atoms with Crippen molar-refractivity contribution < 1.29 is 0 Å². The first kappa shape index (κ1) is 39.0. The van der Waals surface area contributed by atoms with Crippen molar-refractivity contribution in [1.29, 1.82) is 0 Å². The van der Waals surface area contributed by atoms with Gasteiger partial charge in [-0.25, -0.2) is 4.99 Å². The lowest BCUT2D eigenvalue weighted by Crippen LogP contribution is -2.37. The maximum atomic E-state index is 5.55. The van der Waals surface area contributed by atoms with Crippen LogP contribution in [0.2, 0.25) is 0 Å². The number of aliphatic imine (C=N–C) groups is 2. The molecule has 3 aromatic heterocycles. The number of nitrogens with one attached hydrogen (secondary N) is 1. The summed E-state index contributed by atoms with van der Waals surface area (Å²) in [6, 6.07) is 86.9. The van der Waals surface area contributed by atoms with Crippen molar-refractivity contribution in [3.8, 4) is 33.6 Å². The summed E-state index contributed by atoms with van der Waals surface area (Å²) in [6.07, 6.45) is -0.401. The molecule has 14 rings (SSSR count). The van der Waals surface area contributed by atoms with Crippen LogP contribution in [0.1, 0.15) is 17.3 Å². The maximum Gasteiger partial charge on any atom is 0.212 e. The van der Waals surface area contributed by atoms with E-state index in [1.807, 2.05) is 0 Å². The summed E-state index contributed by atoms with van der Waals surface area (Å²) in [5, 5.41) is 10.9. The van der Waals surface area contributed by atoms with E-state index in [0.29, 0.717) is 11.8 Å². The van der Waals surface area contributed by atoms with E-state index in [-0.39, 0.29) is 0 Å². The molecule has 1 atom stereocenters. The summed E-state index contributed by atoms with van der Waals surface area (Å²) >= 11 is 0. The third-order valence-electron chi connectivity index (χ3n) is 13.9. The lowest BCUT2D eigenvalue weighted by atomic mass is 9.98. The van der Waals surface area contributed by atoms with E-state index in [4.69, 9.17) is 9.98 Å². The van der Waals surface area contributed by atoms with Gasteiger partial charge in [-0.3, -0.25) is 4.57 Å². The molecule has 0 amide bonds. The molecule has 1 N–H and O–H groups in total. The Morgan fingerprint density at radius 1 is 0.362 bits per heavy atom. The van der Waals surface area contributed by atoms with E-state index in [9.17, 15) is 0 Å². The molecule has 69 heavy (non-hydrogen) atoms. The number of fused-ring (bicyclic) bond motifs is 10. The van der Waals surface area contributed by atoms with Crippen LogP contribution in [0.4, 0.5) is 0 Å². The molecule has 0 radical (unpaired) electrons. The number of nitrogens with zero attached hydrogens (tertiary/aromatic N) is 5. The number of amidine groups is 1. The van der Waals surface area contributed by atoms with E-state index >= 15 is 0 Å². The number of rotatable bonds is 6. The second-order valence-electron chi connectivity index (χ2n) is 17.8. The van der Waals surface area contributed by atoms with Crippen molar-refractivity contribution in [3.63, 3.8) is 0 Å². The van der Waals surface area contributed by atoms with Crippen molar-refractivity contribution in [2.24, 2.45) is 9.98 Å². The summed E-state index contributed by atoms with van der Waals surface area (Å²) in [4.78, 5) is 10.9. The Bertz CT molecular complexity index is 4200. The standard InChI is InChI=1S/C63H42N6/c1-5-20-41(21-6-1)44-26-19-27-45(40-44)62-64-61(43-24-9-3-10-25-43)65-63(66-62)69-54-34-17-14-31-49(54)51-37-36-50-48-30-13-16-33-53(48)68(58(50)59(51)69)56-39-38-47(42-22-7-2-8-23-42)57-52-32-15-18-35-55(52)67(60(56)57)46-28-11-4-12-29-46/h1-40,61H,(H,64,65,66). The Balaban J connectivity index is 1.11. The highest BCUT2D eigenvalue weighted by Gasteiger charge is 2.29. The number of benzene rings is 10. The van der Waals surface area contributed by atoms with Gasteiger partial charge >= 0.3 is 0 Å². The molecule has 1 unspecified atom stereocenters. The number of hydrogen-bond acceptors (Lipinski definition) is 3. The first-order valence-corrected chi connectivity index (χ1v) is 23.5. The molecule has 10 aromatic carbocycles. The van der Waals surface area contributed by atoms with Crippen molar-refractivity contribution in [2.75, 3.05) is 0 Å². The highest BCUT2D eigenvalue weighted by molar-refractivity contribution is 6.27. The Kier molecular flexibility index (Phi) is 8.86. The van der Waals surface area contributed by atoms with Crippen LogP contribution in [0.5, 0.6) is 0 Å². The molecule has 0 saturated carbocycles. The Labute approximate surface area is 398 Å². The molecule has 4 heterocycles. The third-order valence-corrected chi connectivity index (χ3v) is 13.9. The predicted molar refractivity (Wildman–Crippen MR) is 287 cm³/mol. The van der Waals surface area contributed by atoms with Crippen molar-refractivity contribution in [2.45, 2.75) is 6.17 Å². The monoisotopic (exact) mass is 882 g/mol. The smallest absolute Gasteiger partial charge is 0.212 e. The molecule has 6 heteroatoms. The lowest BCUT2D eigenvalue weighted by Gasteiger charge is -2.25. The van der Waals surface area contributed by atoms with Gasteiger partial charge in [0.1, 0.15) is 6.17 Å². The van der Waals surface area contributed by atoms with Crippen molar-refractivity contribution in [1.82, 2.24) is 19.0 Å². The van der Waals surface area contributed by atoms with Crippen LogP contribution < -0.4 is 5.32 Å². The Hall–Kier alpha value is -9.26. The zero-order valence-corrected chi connectivity index (χ0v) is 37.4. The molecule has 0 spiro atoms. The maximum absolute atomic E-state index is 5.55. The van der Waals surface area contributed by atoms with Gasteiger partial charge in [-0.15, -0.1) is 0 Å². The molecule has 1 aliphatic heterocycles. The molecular weight excluding hydrogens is 841 g/mol. The zero-order chi connectivity index (χ0) is 45.4. The quantitative estimate of drug-likeness (QED) is 0.178. The number of para-hydroxylation sites is 4. The van der Waals surface area contributed by atoms with E-state index in [1.165, 1.54) is 27.3 Å². The summed E-state index contributed by atoms with van der Waals surface area (Å²) in [6.45, 7) is 0. The van der Waals surface area contributed by atoms with Gasteiger partial charge in [0.05, 0.1) is 38.8 Å². The minimum atomic E-state index is -0.401. The largest absolute Gasteiger partial charge is 0.330 e. The summed E-state index contributed by atoms with van der Waals surface area (Å²) < 4.78 is 7.34. The van der Waals surface area contributed by atoms with E-state index < -0.39 is 6.17 Å². The van der Waals surface area contributed by atoms with Gasteiger partial charge in [-0.05, 0) is 70.3 Å². The summed E-state index contributed by atoms with van der Waals surface area (Å²) in [5.74, 6) is 1.37. The molecule has 6 nitrogen and oxygen atoms in total. The van der Waals surface area contributed by atoms with Gasteiger partial charge in [0.25, 0.3) is 0 Å². The average Bonchev–Trinajstić information content (AvgIpc) is 4.08. The van der Waals surface area contributed by atoms with E-state index in [2.05, 4.69) is 262 Å². The van der Waals surface area contributed by atoms with Gasteiger partial charge in [0, 0.05) is 43.6 Å². The molecule has 0 fully saturated rings. The molecule has 0 aliphatic carbocycles. The van der Waals surface area contributed by atoms with Gasteiger partial charge < -0.3 is 14.5 Å². The molecule has 1 aliphatic rings. The fraction of sp³-hybridized carbons (Fsp3) is 0.0159. The minimum absolute atomic E-state index is 0.401. The van der Waals surface area contributed by atoms with Gasteiger partial charge in [0.2, 0.25) is 5.96 Å². The highest BCUT2D eigenvalue weighted by atomic mass is 15.3. The normalized spacial score (nSPS) is 13.9. The summed E-state index contributed by atoms with van der Waals surface area (Å²) in [5.41, 5.74) is 15.4. The van der Waals surface area contributed by atoms with Gasteiger partial charge in [-0.2, -0.15) is 4.99 Å². The third kappa shape index (κ3) is 6.12. The first-order valence-electron chi connectivity index (χ1n) is 23.5. The van der Waals surface area contributed by atoms with Crippen LogP contribution in [0.15, 0.2) is 253 Å². The SMILES string of the molecule is c1ccc(-c2cccc(C3=NC(c4ccccc4)NC(n4c5ccccc5c5ccc6c7ccccc7n(-c7ccc(-c8ccccc8)c8c9ccccc9n(-c9ccccc9)c78)c6c54)=N3)c2)cc1. The topological polar surface area (TPSA) is 51.5 Å². The highest BCUT2D eigenvalue weighted by Crippen LogP contribution is 2.46. The van der Waals surface area contributed by atoms with Gasteiger partial charge in [0.15, 0.2) is 5.84 Å². The molecule has 324 valence electrons. The zero-order valence-electron chi connectivity index (χ0n) is 37.4. The van der Waals surface area contributed by atoms with Crippen molar-refractivity contribution >= 4 is 77.2 Å².